The fourth-order valence-electron chi connectivity index (χ4n) is 3.82. The third-order valence-corrected chi connectivity index (χ3v) is 5.04. The molecule has 0 fully saturated rings. The number of rotatable bonds is 10. The zero-order valence-corrected chi connectivity index (χ0v) is 18.7. The van der Waals surface area contributed by atoms with Crippen molar-refractivity contribution in [2.24, 2.45) is 11.8 Å². The fraction of sp³-hybridized carbons (Fsp3) is 0.462. The molecule has 4 nitrogen and oxygen atoms in total. The Morgan fingerprint density at radius 3 is 1.27 bits per heavy atom. The molecule has 0 radical (unpaired) electrons. The molecule has 0 bridgehead atoms. The number of carbonyl (C=O) groups excluding carboxylic acids is 2. The first kappa shape index (κ1) is 23.7. The number of hydrogen-bond donors (Lipinski definition) is 2. The van der Waals surface area contributed by atoms with Gasteiger partial charge in [-0.25, -0.2) is 0 Å². The normalized spacial score (nSPS) is 13.1. The highest BCUT2D eigenvalue weighted by atomic mass is 16.2. The van der Waals surface area contributed by atoms with Crippen LogP contribution in [0.3, 0.4) is 0 Å². The summed E-state index contributed by atoms with van der Waals surface area (Å²) in [7, 11) is 0. The highest BCUT2D eigenvalue weighted by Gasteiger charge is 2.23. The van der Waals surface area contributed by atoms with E-state index < -0.39 is 11.8 Å². The number of amides is 2. The first-order valence-corrected chi connectivity index (χ1v) is 11.0. The summed E-state index contributed by atoms with van der Waals surface area (Å²) in [6.07, 6.45) is 3.09. The van der Waals surface area contributed by atoms with Crippen molar-refractivity contribution in [3.63, 3.8) is 0 Å². The van der Waals surface area contributed by atoms with Gasteiger partial charge in [0.05, 0.1) is 0 Å². The second-order valence-corrected chi connectivity index (χ2v) is 8.98. The third-order valence-electron chi connectivity index (χ3n) is 5.04. The van der Waals surface area contributed by atoms with E-state index in [1.165, 1.54) is 0 Å². The van der Waals surface area contributed by atoms with Crippen LogP contribution >= 0.6 is 0 Å². The zero-order chi connectivity index (χ0) is 21.9. The van der Waals surface area contributed by atoms with Gasteiger partial charge < -0.3 is 10.6 Å². The molecule has 0 aliphatic carbocycles. The maximum absolute atomic E-state index is 12.7. The minimum atomic E-state index is -0.543. The van der Waals surface area contributed by atoms with Crippen molar-refractivity contribution < 1.29 is 9.59 Å². The van der Waals surface area contributed by atoms with Gasteiger partial charge in [-0.15, -0.1) is 0 Å². The minimum Gasteiger partial charge on any atom is -0.345 e. The fourth-order valence-corrected chi connectivity index (χ4v) is 3.82. The van der Waals surface area contributed by atoms with Gasteiger partial charge in [0.1, 0.15) is 0 Å². The molecule has 0 aliphatic rings. The molecule has 4 heteroatoms. The predicted octanol–water partition coefficient (Wildman–Crippen LogP) is 4.53. The van der Waals surface area contributed by atoms with Crippen LogP contribution in [-0.2, 0) is 22.4 Å². The van der Waals surface area contributed by atoms with E-state index >= 15 is 0 Å². The van der Waals surface area contributed by atoms with Gasteiger partial charge in [0, 0.05) is 12.1 Å². The molecular weight excluding hydrogens is 372 g/mol. The molecule has 162 valence electrons. The molecule has 30 heavy (non-hydrogen) atoms. The maximum atomic E-state index is 12.7. The molecule has 2 aromatic carbocycles. The molecule has 0 spiro atoms. The SMILES string of the molecule is CC(C)C[C@@H](Cc1ccccc1)NC(=O)C(=O)N[C@H](Cc1ccccc1)CC(C)C. The van der Waals surface area contributed by atoms with E-state index in [1.807, 2.05) is 36.4 Å². The first-order valence-electron chi connectivity index (χ1n) is 11.0. The van der Waals surface area contributed by atoms with E-state index in [2.05, 4.69) is 62.6 Å². The lowest BCUT2D eigenvalue weighted by molar-refractivity contribution is -0.140. The summed E-state index contributed by atoms with van der Waals surface area (Å²) in [6, 6.07) is 20.0. The van der Waals surface area contributed by atoms with Gasteiger partial charge in [0.25, 0.3) is 0 Å². The zero-order valence-electron chi connectivity index (χ0n) is 18.7. The van der Waals surface area contributed by atoms with Crippen molar-refractivity contribution in [3.8, 4) is 0 Å². The Balaban J connectivity index is 1.99. The van der Waals surface area contributed by atoms with Crippen molar-refractivity contribution in [3.05, 3.63) is 71.8 Å². The van der Waals surface area contributed by atoms with Crippen molar-refractivity contribution in [2.75, 3.05) is 0 Å². The van der Waals surface area contributed by atoms with Crippen LogP contribution in [0.15, 0.2) is 60.7 Å². The van der Waals surface area contributed by atoms with Gasteiger partial charge in [0.15, 0.2) is 0 Å². The van der Waals surface area contributed by atoms with Crippen LogP contribution in [0.4, 0.5) is 0 Å². The first-order chi connectivity index (χ1) is 14.3. The van der Waals surface area contributed by atoms with Crippen molar-refractivity contribution in [1.82, 2.24) is 10.6 Å². The Hall–Kier alpha value is -2.62. The molecule has 0 saturated carbocycles. The van der Waals surface area contributed by atoms with E-state index in [0.29, 0.717) is 11.8 Å². The van der Waals surface area contributed by atoms with E-state index in [4.69, 9.17) is 0 Å². The van der Waals surface area contributed by atoms with Crippen LogP contribution in [-0.4, -0.2) is 23.9 Å². The average molecular weight is 409 g/mol. The number of benzene rings is 2. The van der Waals surface area contributed by atoms with Crippen molar-refractivity contribution in [2.45, 2.75) is 65.5 Å². The molecule has 2 N–H and O–H groups in total. The molecule has 0 heterocycles. The standard InChI is InChI=1S/C26H36N2O2/c1-19(2)15-23(17-21-11-7-5-8-12-21)27-25(29)26(30)28-24(16-20(3)4)18-22-13-9-6-10-14-22/h5-14,19-20,23-24H,15-18H2,1-4H3,(H,27,29)(H,28,30)/t23-,24-/m0/s1. The molecule has 0 aliphatic heterocycles. The molecule has 2 amide bonds. The number of nitrogens with one attached hydrogen (secondary N) is 2. The summed E-state index contributed by atoms with van der Waals surface area (Å²) < 4.78 is 0. The summed E-state index contributed by atoms with van der Waals surface area (Å²) in [4.78, 5) is 25.4. The minimum absolute atomic E-state index is 0.0664. The molecule has 0 unspecified atom stereocenters. The topological polar surface area (TPSA) is 58.2 Å². The van der Waals surface area contributed by atoms with Crippen molar-refractivity contribution in [1.29, 1.82) is 0 Å². The van der Waals surface area contributed by atoms with Crippen LogP contribution < -0.4 is 10.6 Å². The lowest BCUT2D eigenvalue weighted by Crippen LogP contribution is -2.49. The summed E-state index contributed by atoms with van der Waals surface area (Å²) in [5.74, 6) is -0.237. The van der Waals surface area contributed by atoms with E-state index in [1.54, 1.807) is 0 Å². The largest absolute Gasteiger partial charge is 0.345 e. The Labute approximate surface area is 181 Å². The number of hydrogen-bond acceptors (Lipinski definition) is 2. The summed E-state index contributed by atoms with van der Waals surface area (Å²) >= 11 is 0. The Kier molecular flexibility index (Phi) is 9.59. The quantitative estimate of drug-likeness (QED) is 0.567. The van der Waals surface area contributed by atoms with E-state index in [-0.39, 0.29) is 12.1 Å². The third kappa shape index (κ3) is 8.81. The van der Waals surface area contributed by atoms with Gasteiger partial charge in [-0.3, -0.25) is 9.59 Å². The van der Waals surface area contributed by atoms with E-state index in [0.717, 1.165) is 36.8 Å². The second-order valence-electron chi connectivity index (χ2n) is 8.98. The smallest absolute Gasteiger partial charge is 0.309 e. The Morgan fingerprint density at radius 2 is 0.967 bits per heavy atom. The second kappa shape index (κ2) is 12.2. The summed E-state index contributed by atoms with van der Waals surface area (Å²) in [6.45, 7) is 8.51. The monoisotopic (exact) mass is 408 g/mol. The molecule has 2 aromatic rings. The molecule has 2 atom stereocenters. The van der Waals surface area contributed by atoms with Gasteiger partial charge in [0.2, 0.25) is 0 Å². The van der Waals surface area contributed by atoms with Crippen LogP contribution in [0.2, 0.25) is 0 Å². The maximum Gasteiger partial charge on any atom is 0.309 e. The Morgan fingerprint density at radius 1 is 0.633 bits per heavy atom. The Bertz CT molecular complexity index is 705. The molecule has 0 saturated heterocycles. The highest BCUT2D eigenvalue weighted by Crippen LogP contribution is 2.13. The lowest BCUT2D eigenvalue weighted by atomic mass is 9.96. The van der Waals surface area contributed by atoms with Crippen LogP contribution in [0.1, 0.15) is 51.7 Å². The van der Waals surface area contributed by atoms with Gasteiger partial charge >= 0.3 is 11.8 Å². The predicted molar refractivity (Wildman–Crippen MR) is 123 cm³/mol. The van der Waals surface area contributed by atoms with Gasteiger partial charge in [-0.2, -0.15) is 0 Å². The number of carbonyl (C=O) groups is 2. The van der Waals surface area contributed by atoms with Crippen LogP contribution in [0.5, 0.6) is 0 Å². The molecule has 2 rings (SSSR count). The van der Waals surface area contributed by atoms with Crippen molar-refractivity contribution >= 4 is 11.8 Å². The van der Waals surface area contributed by atoms with Crippen LogP contribution in [0, 0.1) is 11.8 Å². The van der Waals surface area contributed by atoms with Gasteiger partial charge in [-0.05, 0) is 48.6 Å². The van der Waals surface area contributed by atoms with Gasteiger partial charge in [-0.1, -0.05) is 88.4 Å². The van der Waals surface area contributed by atoms with Crippen LogP contribution in [0.25, 0.3) is 0 Å². The molecule has 0 aromatic heterocycles. The summed E-state index contributed by atoms with van der Waals surface area (Å²) in [5.41, 5.74) is 2.32. The highest BCUT2D eigenvalue weighted by molar-refractivity contribution is 6.35. The van der Waals surface area contributed by atoms with E-state index in [9.17, 15) is 9.59 Å². The lowest BCUT2D eigenvalue weighted by Gasteiger charge is -2.23. The average Bonchev–Trinajstić information content (AvgIpc) is 2.68. The summed E-state index contributed by atoms with van der Waals surface area (Å²) in [5, 5.41) is 5.94. The molecular formula is C26H36N2O2.